The van der Waals surface area contributed by atoms with Gasteiger partial charge < -0.3 is 0 Å². The fraction of sp³-hybridized carbons (Fsp3) is 0. The Kier molecular flexibility index (Phi) is 11.6. The van der Waals surface area contributed by atoms with Crippen LogP contribution < -0.4 is 19.6 Å². The number of rotatable bonds is 12. The SMILES string of the molecule is c1ccc(N(c2cccc(N(c3ccccc3)c3cc(N(c4ccccc4)c4ccccc4)cc4[se]c5ccccc5c34)c2)c2cc(N(c3ccccc3)c3ccccc3)c3c(c2)[se]c2ccccc23)cc1. The van der Waals surface area contributed by atoms with Crippen LogP contribution in [-0.4, -0.2) is 29.0 Å². The molecule has 13 aromatic rings. The van der Waals surface area contributed by atoms with Crippen molar-refractivity contribution in [2.75, 3.05) is 19.6 Å². The molecule has 0 atom stereocenters. The molecule has 2 aromatic heterocycles. The molecular weight excluding hydrogens is 1010 g/mol. The second-order valence-electron chi connectivity index (χ2n) is 17.7. The number of nitrogens with zero attached hydrogens (tertiary/aromatic N) is 4. The first-order chi connectivity index (χ1) is 35.7. The predicted octanol–water partition coefficient (Wildman–Crippen LogP) is 18.3. The van der Waals surface area contributed by atoms with Crippen molar-refractivity contribution in [2.24, 2.45) is 0 Å². The number of fused-ring (bicyclic) bond motifs is 6. The Bertz CT molecular complexity index is 3910. The average Bonchev–Trinajstić information content (AvgIpc) is 4.02. The molecule has 72 heavy (non-hydrogen) atoms. The fourth-order valence-corrected chi connectivity index (χ4v) is 15.1. The van der Waals surface area contributed by atoms with Crippen molar-refractivity contribution in [1.29, 1.82) is 0 Å². The number of para-hydroxylation sites is 6. The zero-order valence-electron chi connectivity index (χ0n) is 39.2. The Morgan fingerprint density at radius 2 is 0.472 bits per heavy atom. The van der Waals surface area contributed by atoms with E-state index in [1.165, 1.54) is 38.6 Å². The minimum atomic E-state index is 0.0978. The molecule has 0 N–H and O–H groups in total. The van der Waals surface area contributed by atoms with Gasteiger partial charge in [-0.05, 0) is 0 Å². The molecule has 6 heteroatoms. The molecule has 0 bridgehead atoms. The molecule has 0 aliphatic carbocycles. The summed E-state index contributed by atoms with van der Waals surface area (Å²) in [6.45, 7) is 0. The Morgan fingerprint density at radius 1 is 0.194 bits per heavy atom. The van der Waals surface area contributed by atoms with Crippen molar-refractivity contribution in [2.45, 2.75) is 0 Å². The molecule has 0 unspecified atom stereocenters. The molecule has 0 fully saturated rings. The van der Waals surface area contributed by atoms with Crippen molar-refractivity contribution >= 4 is 136 Å². The molecule has 11 aromatic carbocycles. The first-order valence-corrected chi connectivity index (χ1v) is 27.7. The van der Waals surface area contributed by atoms with Crippen LogP contribution in [0.5, 0.6) is 0 Å². The van der Waals surface area contributed by atoms with Crippen LogP contribution in [-0.2, 0) is 0 Å². The summed E-state index contributed by atoms with van der Waals surface area (Å²) < 4.78 is 5.54. The normalized spacial score (nSPS) is 11.3. The van der Waals surface area contributed by atoms with Crippen LogP contribution in [0.4, 0.5) is 68.2 Å². The summed E-state index contributed by atoms with van der Waals surface area (Å²) in [5.41, 5.74) is 13.3. The molecule has 0 saturated carbocycles. The van der Waals surface area contributed by atoms with Crippen LogP contribution >= 0.6 is 0 Å². The van der Waals surface area contributed by atoms with Crippen molar-refractivity contribution < 1.29 is 0 Å². The number of hydrogen-bond donors (Lipinski definition) is 0. The van der Waals surface area contributed by atoms with Crippen molar-refractivity contribution in [1.82, 2.24) is 0 Å². The van der Waals surface area contributed by atoms with Crippen molar-refractivity contribution in [3.8, 4) is 0 Å². The molecule has 0 saturated heterocycles. The van der Waals surface area contributed by atoms with Gasteiger partial charge in [0.1, 0.15) is 0 Å². The van der Waals surface area contributed by atoms with Crippen LogP contribution in [0.1, 0.15) is 0 Å². The third-order valence-electron chi connectivity index (χ3n) is 13.3. The zero-order chi connectivity index (χ0) is 47.8. The van der Waals surface area contributed by atoms with Gasteiger partial charge in [0.25, 0.3) is 0 Å². The number of anilines is 12. The van der Waals surface area contributed by atoms with Gasteiger partial charge in [0.2, 0.25) is 0 Å². The first kappa shape index (κ1) is 43.7. The number of benzene rings is 11. The third kappa shape index (κ3) is 8.07. The van der Waals surface area contributed by atoms with Gasteiger partial charge in [0.15, 0.2) is 0 Å². The summed E-state index contributed by atoms with van der Waals surface area (Å²) in [5.74, 6) is 0. The summed E-state index contributed by atoms with van der Waals surface area (Å²) in [5, 5.41) is 5.21. The third-order valence-corrected chi connectivity index (χ3v) is 18.0. The van der Waals surface area contributed by atoms with E-state index in [0.717, 1.165) is 68.2 Å². The summed E-state index contributed by atoms with van der Waals surface area (Å²) in [4.78, 5) is 9.79. The van der Waals surface area contributed by atoms with Gasteiger partial charge in [0.05, 0.1) is 0 Å². The van der Waals surface area contributed by atoms with Crippen LogP contribution in [0, 0.1) is 0 Å². The number of hydrogen-bond acceptors (Lipinski definition) is 4. The van der Waals surface area contributed by atoms with Gasteiger partial charge in [-0.1, -0.05) is 0 Å². The maximum absolute atomic E-state index is 2.49. The molecule has 0 amide bonds. The van der Waals surface area contributed by atoms with Crippen molar-refractivity contribution in [3.05, 3.63) is 279 Å². The molecule has 0 aliphatic rings. The van der Waals surface area contributed by atoms with E-state index in [1.807, 2.05) is 0 Å². The molecular formula is C66H46N4Se2. The summed E-state index contributed by atoms with van der Waals surface area (Å²) in [6, 6.07) is 102. The van der Waals surface area contributed by atoms with E-state index in [9.17, 15) is 0 Å². The Balaban J connectivity index is 1.05. The van der Waals surface area contributed by atoms with Crippen LogP contribution in [0.2, 0.25) is 0 Å². The van der Waals surface area contributed by atoms with E-state index >= 15 is 0 Å². The predicted molar refractivity (Wildman–Crippen MR) is 309 cm³/mol. The van der Waals surface area contributed by atoms with Gasteiger partial charge in [-0.15, -0.1) is 0 Å². The van der Waals surface area contributed by atoms with E-state index in [2.05, 4.69) is 299 Å². The minimum absolute atomic E-state index is 0.0978. The second-order valence-corrected chi connectivity index (χ2v) is 22.3. The van der Waals surface area contributed by atoms with Gasteiger partial charge in [0, 0.05) is 0 Å². The topological polar surface area (TPSA) is 13.0 Å². The molecule has 2 heterocycles. The van der Waals surface area contributed by atoms with Gasteiger partial charge in [-0.3, -0.25) is 0 Å². The molecule has 0 radical (unpaired) electrons. The molecule has 0 spiro atoms. The Hall–Kier alpha value is -8.34. The van der Waals surface area contributed by atoms with E-state index in [-0.39, 0.29) is 29.0 Å². The van der Waals surface area contributed by atoms with Gasteiger partial charge in [-0.25, -0.2) is 0 Å². The van der Waals surface area contributed by atoms with Crippen LogP contribution in [0.3, 0.4) is 0 Å². The first-order valence-electron chi connectivity index (χ1n) is 24.2. The zero-order valence-corrected chi connectivity index (χ0v) is 42.6. The molecule has 4 nitrogen and oxygen atoms in total. The maximum atomic E-state index is 2.49. The standard InChI is InChI=1S/C66H46N4Se2/c1-7-24-47(25-8-1)67(48-26-9-2-10-27-48)55-43-60(66-58-39-20-22-41-62(58)71-63(66)45-55)70(52-34-17-6-18-35-52)54-37-23-36-53(42-54)68(49-28-11-3-12-29-49)56-44-59(65-57-38-19-21-40-61(57)72-64(65)46-56)69(50-30-13-4-14-31-50)51-32-15-5-16-33-51/h1-46H. The molecule has 0 aliphatic heterocycles. The van der Waals surface area contributed by atoms with Gasteiger partial charge >= 0.3 is 434 Å². The Labute approximate surface area is 431 Å². The monoisotopic (exact) mass is 1050 g/mol. The van der Waals surface area contributed by atoms with Crippen LogP contribution in [0.25, 0.3) is 38.6 Å². The van der Waals surface area contributed by atoms with Crippen molar-refractivity contribution in [3.63, 3.8) is 0 Å². The quantitative estimate of drug-likeness (QED) is 0.113. The van der Waals surface area contributed by atoms with E-state index in [1.54, 1.807) is 0 Å². The second kappa shape index (κ2) is 19.1. The average molecular weight is 1050 g/mol. The fourth-order valence-electron chi connectivity index (χ4n) is 10.2. The summed E-state index contributed by atoms with van der Waals surface area (Å²) >= 11 is 0.199. The van der Waals surface area contributed by atoms with E-state index < -0.39 is 0 Å². The van der Waals surface area contributed by atoms with E-state index in [4.69, 9.17) is 0 Å². The Morgan fingerprint density at radius 3 is 0.847 bits per heavy atom. The molecule has 342 valence electrons. The summed E-state index contributed by atoms with van der Waals surface area (Å²) in [7, 11) is 0. The molecule has 13 rings (SSSR count). The summed E-state index contributed by atoms with van der Waals surface area (Å²) in [6.07, 6.45) is 0. The van der Waals surface area contributed by atoms with E-state index in [0.29, 0.717) is 0 Å². The van der Waals surface area contributed by atoms with Gasteiger partial charge in [-0.2, -0.15) is 0 Å². The van der Waals surface area contributed by atoms with Crippen LogP contribution in [0.15, 0.2) is 279 Å².